The summed E-state index contributed by atoms with van der Waals surface area (Å²) in [6.45, 7) is 8.75. The molecule has 0 unspecified atom stereocenters. The van der Waals surface area contributed by atoms with Gasteiger partial charge in [-0.3, -0.25) is 14.4 Å². The number of fused-ring (bicyclic) bond motifs is 1. The molecule has 7 nitrogen and oxygen atoms in total. The molecular formula is C44H41FN4O3. The summed E-state index contributed by atoms with van der Waals surface area (Å²) in [5.41, 5.74) is 6.93. The molecular weight excluding hydrogens is 652 g/mol. The summed E-state index contributed by atoms with van der Waals surface area (Å²) in [6.07, 6.45) is 0. The van der Waals surface area contributed by atoms with Gasteiger partial charge in [-0.25, -0.2) is 9.37 Å². The number of halogens is 1. The van der Waals surface area contributed by atoms with Gasteiger partial charge >= 0.3 is 0 Å². The Balaban J connectivity index is 1.19. The lowest BCUT2D eigenvalue weighted by Gasteiger charge is -2.25. The number of hydrogen-bond donors (Lipinski definition) is 2. The molecule has 0 fully saturated rings. The Morgan fingerprint density at radius 1 is 0.788 bits per heavy atom. The van der Waals surface area contributed by atoms with E-state index in [9.17, 15) is 18.8 Å². The van der Waals surface area contributed by atoms with Gasteiger partial charge in [-0.05, 0) is 94.3 Å². The highest BCUT2D eigenvalue weighted by atomic mass is 19.1. The maximum Gasteiger partial charge on any atom is 0.257 e. The average Bonchev–Trinajstić information content (AvgIpc) is 3.14. The van der Waals surface area contributed by atoms with Crippen LogP contribution < -0.4 is 10.6 Å². The number of nitrogens with one attached hydrogen (secondary N) is 2. The summed E-state index contributed by atoms with van der Waals surface area (Å²) in [5.74, 6) is -0.996. The van der Waals surface area contributed by atoms with Crippen LogP contribution in [0.25, 0.3) is 22.0 Å². The zero-order valence-electron chi connectivity index (χ0n) is 29.9. The molecule has 1 aromatic heterocycles. The largest absolute Gasteiger partial charge is 0.339 e. The van der Waals surface area contributed by atoms with Crippen molar-refractivity contribution in [1.29, 1.82) is 0 Å². The van der Waals surface area contributed by atoms with Crippen molar-refractivity contribution >= 4 is 34.4 Å². The Hall–Kier alpha value is -6.15. The highest BCUT2D eigenvalue weighted by Crippen LogP contribution is 2.31. The minimum absolute atomic E-state index is 0.0184. The topological polar surface area (TPSA) is 91.4 Å². The van der Waals surface area contributed by atoms with Crippen molar-refractivity contribution < 1.29 is 18.8 Å². The number of hydrogen-bond acceptors (Lipinski definition) is 4. The van der Waals surface area contributed by atoms with Crippen LogP contribution in [0.2, 0.25) is 0 Å². The normalized spacial score (nSPS) is 11.9. The highest BCUT2D eigenvalue weighted by Gasteiger charge is 2.27. The van der Waals surface area contributed by atoms with Crippen LogP contribution in [0.3, 0.4) is 0 Å². The van der Waals surface area contributed by atoms with Crippen LogP contribution in [-0.4, -0.2) is 34.7 Å². The molecule has 8 heteroatoms. The smallest absolute Gasteiger partial charge is 0.257 e. The number of likely N-dealkylation sites (N-methyl/N-ethyl adjacent to an activating group) is 1. The zero-order chi connectivity index (χ0) is 37.0. The molecule has 6 rings (SSSR count). The quantitative estimate of drug-likeness (QED) is 0.158. The molecule has 262 valence electrons. The Morgan fingerprint density at radius 3 is 2.19 bits per heavy atom. The van der Waals surface area contributed by atoms with Gasteiger partial charge in [0.05, 0.1) is 5.52 Å². The lowest BCUT2D eigenvalue weighted by Crippen LogP contribution is -2.41. The minimum atomic E-state index is -0.950. The monoisotopic (exact) mass is 692 g/mol. The molecule has 0 aliphatic heterocycles. The van der Waals surface area contributed by atoms with E-state index < -0.39 is 11.9 Å². The molecule has 5 aromatic carbocycles. The molecule has 1 atom stereocenters. The fraction of sp³-hybridized carbons (Fsp3) is 0.182. The second-order valence-electron chi connectivity index (χ2n) is 14.0. The number of benzene rings is 5. The fourth-order valence-corrected chi connectivity index (χ4v) is 6.21. The van der Waals surface area contributed by atoms with Gasteiger partial charge in [-0.1, -0.05) is 99.6 Å². The van der Waals surface area contributed by atoms with Crippen molar-refractivity contribution in [1.82, 2.24) is 15.2 Å². The van der Waals surface area contributed by atoms with Crippen LogP contribution in [0, 0.1) is 12.7 Å². The number of pyridine rings is 1. The maximum atomic E-state index is 13.7. The van der Waals surface area contributed by atoms with E-state index in [4.69, 9.17) is 0 Å². The number of aryl methyl sites for hydroxylation is 1. The van der Waals surface area contributed by atoms with Gasteiger partial charge in [0.1, 0.15) is 17.7 Å². The lowest BCUT2D eigenvalue weighted by molar-refractivity contribution is -0.132. The number of nitrogens with zero attached hydrogens (tertiary/aromatic N) is 2. The van der Waals surface area contributed by atoms with Crippen molar-refractivity contribution in [3.05, 3.63) is 167 Å². The Labute approximate surface area is 303 Å². The molecule has 0 saturated carbocycles. The number of rotatable bonds is 9. The minimum Gasteiger partial charge on any atom is -0.339 e. The van der Waals surface area contributed by atoms with E-state index in [0.717, 1.165) is 22.3 Å². The van der Waals surface area contributed by atoms with Crippen molar-refractivity contribution in [2.75, 3.05) is 12.4 Å². The summed E-state index contributed by atoms with van der Waals surface area (Å²) in [6, 6.07) is 36.6. The van der Waals surface area contributed by atoms with E-state index in [1.54, 1.807) is 61.6 Å². The summed E-state index contributed by atoms with van der Waals surface area (Å²) >= 11 is 0. The van der Waals surface area contributed by atoms with Crippen molar-refractivity contribution in [2.45, 2.75) is 45.7 Å². The van der Waals surface area contributed by atoms with Gasteiger partial charge in [0.2, 0.25) is 5.91 Å². The number of anilines is 1. The van der Waals surface area contributed by atoms with Gasteiger partial charge < -0.3 is 15.5 Å². The first-order chi connectivity index (χ1) is 24.9. The first-order valence-corrected chi connectivity index (χ1v) is 17.2. The number of amides is 3. The molecule has 0 spiro atoms. The van der Waals surface area contributed by atoms with Crippen molar-refractivity contribution in [2.24, 2.45) is 0 Å². The Morgan fingerprint density at radius 2 is 1.50 bits per heavy atom. The van der Waals surface area contributed by atoms with E-state index in [1.165, 1.54) is 22.6 Å². The van der Waals surface area contributed by atoms with Crippen LogP contribution in [0.5, 0.6) is 0 Å². The highest BCUT2D eigenvalue weighted by molar-refractivity contribution is 6.09. The molecule has 2 N–H and O–H groups in total. The summed E-state index contributed by atoms with van der Waals surface area (Å²) in [7, 11) is 1.65. The molecule has 0 aliphatic rings. The number of aromatic nitrogens is 1. The third-order valence-electron chi connectivity index (χ3n) is 9.11. The van der Waals surface area contributed by atoms with Gasteiger partial charge in [-0.2, -0.15) is 0 Å². The Kier molecular flexibility index (Phi) is 10.3. The van der Waals surface area contributed by atoms with Crippen LogP contribution in [0.1, 0.15) is 69.8 Å². The number of carbonyl (C=O) groups excluding carboxylic acids is 3. The second kappa shape index (κ2) is 15.0. The van der Waals surface area contributed by atoms with E-state index in [1.807, 2.05) is 43.3 Å². The molecule has 3 amide bonds. The zero-order valence-corrected chi connectivity index (χ0v) is 29.9. The van der Waals surface area contributed by atoms with E-state index in [0.29, 0.717) is 33.4 Å². The van der Waals surface area contributed by atoms with Crippen molar-refractivity contribution in [3.63, 3.8) is 0 Å². The van der Waals surface area contributed by atoms with Crippen LogP contribution in [0.4, 0.5) is 10.2 Å². The fourth-order valence-electron chi connectivity index (χ4n) is 6.21. The van der Waals surface area contributed by atoms with Crippen molar-refractivity contribution in [3.8, 4) is 11.1 Å². The Bertz CT molecular complexity index is 2250. The third kappa shape index (κ3) is 8.08. The molecule has 0 bridgehead atoms. The van der Waals surface area contributed by atoms with Gasteiger partial charge in [0, 0.05) is 30.1 Å². The maximum absolute atomic E-state index is 13.7. The molecule has 0 radical (unpaired) electrons. The van der Waals surface area contributed by atoms with Gasteiger partial charge in [0.15, 0.2) is 0 Å². The first-order valence-electron chi connectivity index (χ1n) is 17.2. The SMILES string of the molecule is Cc1cccc(C(=O)Nc2ccc3cc(C(=O)N[C@H](C(=O)N(C)Cc4ccc(F)cc4)c4ccccc4)ccc3n2)c1-c1ccc(C(C)(C)C)cc1. The predicted molar refractivity (Wildman–Crippen MR) is 205 cm³/mol. The van der Waals surface area contributed by atoms with Crippen LogP contribution in [0.15, 0.2) is 127 Å². The van der Waals surface area contributed by atoms with E-state index in [2.05, 4.69) is 60.7 Å². The molecule has 52 heavy (non-hydrogen) atoms. The summed E-state index contributed by atoms with van der Waals surface area (Å²) in [4.78, 5) is 47.1. The summed E-state index contributed by atoms with van der Waals surface area (Å²) in [5, 5.41) is 6.56. The van der Waals surface area contributed by atoms with E-state index in [-0.39, 0.29) is 29.6 Å². The van der Waals surface area contributed by atoms with Crippen LogP contribution >= 0.6 is 0 Å². The second-order valence-corrected chi connectivity index (χ2v) is 14.0. The van der Waals surface area contributed by atoms with Crippen LogP contribution in [-0.2, 0) is 16.8 Å². The standard InChI is InChI=1S/C44H41FN4O3/c1-28-10-9-13-36(39(28)30-16-20-34(21-17-30)44(2,3)4)42(51)47-38-25-19-32-26-33(18-24-37(32)46-38)41(50)48-40(31-11-7-6-8-12-31)43(52)49(5)27-29-14-22-35(45)23-15-29/h6-26,40H,27H2,1-5H3,(H,48,50)(H,46,47,51)/t40-/m0/s1. The lowest BCUT2D eigenvalue weighted by atomic mass is 9.85. The van der Waals surface area contributed by atoms with E-state index >= 15 is 0 Å². The predicted octanol–water partition coefficient (Wildman–Crippen LogP) is 9.03. The molecule has 6 aromatic rings. The molecule has 1 heterocycles. The van der Waals surface area contributed by atoms with Gasteiger partial charge in [-0.15, -0.1) is 0 Å². The third-order valence-corrected chi connectivity index (χ3v) is 9.11. The molecule has 0 saturated heterocycles. The molecule has 0 aliphatic carbocycles. The number of carbonyl (C=O) groups is 3. The average molecular weight is 693 g/mol. The summed E-state index contributed by atoms with van der Waals surface area (Å²) < 4.78 is 13.4. The van der Waals surface area contributed by atoms with Gasteiger partial charge in [0.25, 0.3) is 11.8 Å². The first kappa shape index (κ1) is 35.7.